The van der Waals surface area contributed by atoms with Crippen LogP contribution in [-0.4, -0.2) is 32.4 Å². The molecule has 0 bridgehead atoms. The van der Waals surface area contributed by atoms with E-state index in [1.165, 1.54) is 24.3 Å². The van der Waals surface area contributed by atoms with Crippen LogP contribution >= 0.6 is 23.2 Å². The number of carbonyl (C=O) groups is 1. The number of rotatable bonds is 5. The average Bonchev–Trinajstić information content (AvgIpc) is 2.79. The molecule has 0 radical (unpaired) electrons. The van der Waals surface area contributed by atoms with E-state index in [1.807, 2.05) is 0 Å². The van der Waals surface area contributed by atoms with Gasteiger partial charge in [0.1, 0.15) is 11.7 Å². The van der Waals surface area contributed by atoms with Crippen molar-refractivity contribution in [3.8, 4) is 11.3 Å². The van der Waals surface area contributed by atoms with Crippen LogP contribution in [0.15, 0.2) is 29.1 Å². The van der Waals surface area contributed by atoms with E-state index in [9.17, 15) is 27.9 Å². The third kappa shape index (κ3) is 4.21. The van der Waals surface area contributed by atoms with Crippen molar-refractivity contribution < 1.29 is 23.1 Å². The van der Waals surface area contributed by atoms with Crippen molar-refractivity contribution >= 4 is 29.1 Å². The zero-order valence-electron chi connectivity index (χ0n) is 12.9. The predicted molar refractivity (Wildman–Crippen MR) is 88.5 cm³/mol. The summed E-state index contributed by atoms with van der Waals surface area (Å²) in [7, 11) is 0. The Morgan fingerprint density at radius 1 is 1.23 bits per heavy atom. The smallest absolute Gasteiger partial charge is 0.382 e. The van der Waals surface area contributed by atoms with Gasteiger partial charge in [-0.15, -0.1) is 0 Å². The number of hydrogen-bond acceptors (Lipinski definition) is 4. The minimum absolute atomic E-state index is 0.0959. The van der Waals surface area contributed by atoms with Gasteiger partial charge in [0.25, 0.3) is 5.91 Å². The number of aliphatic hydroxyl groups is 1. The zero-order chi connectivity index (χ0) is 19.6. The van der Waals surface area contributed by atoms with Gasteiger partial charge in [0.05, 0.1) is 12.2 Å². The van der Waals surface area contributed by atoms with Gasteiger partial charge in [0.2, 0.25) is 0 Å². The number of imidazole rings is 1. The van der Waals surface area contributed by atoms with Gasteiger partial charge in [-0.25, -0.2) is 10.6 Å². The quantitative estimate of drug-likeness (QED) is 0.393. The molecule has 0 saturated carbocycles. The van der Waals surface area contributed by atoms with E-state index in [-0.39, 0.29) is 16.4 Å². The van der Waals surface area contributed by atoms with Crippen LogP contribution in [0.3, 0.4) is 0 Å². The van der Waals surface area contributed by atoms with Gasteiger partial charge in [-0.1, -0.05) is 35.3 Å². The van der Waals surface area contributed by atoms with Crippen LogP contribution in [0.1, 0.15) is 0 Å². The average molecular weight is 413 g/mol. The summed E-state index contributed by atoms with van der Waals surface area (Å²) in [5.41, 5.74) is 0.968. The highest BCUT2D eigenvalue weighted by Crippen LogP contribution is 2.30. The molecule has 0 saturated heterocycles. The maximum atomic E-state index is 12.7. The number of benzene rings is 1. The Bertz CT molecular complexity index is 862. The Hall–Kier alpha value is -2.01. The van der Waals surface area contributed by atoms with Crippen LogP contribution < -0.4 is 17.0 Å². The normalized spacial score (nSPS) is 12.9. The Morgan fingerprint density at radius 3 is 2.31 bits per heavy atom. The number of amides is 1. The highest BCUT2D eigenvalue weighted by atomic mass is 35.5. The van der Waals surface area contributed by atoms with Gasteiger partial charge in [-0.3, -0.25) is 19.4 Å². The molecule has 2 rings (SSSR count). The maximum absolute atomic E-state index is 12.7. The van der Waals surface area contributed by atoms with Crippen LogP contribution in [0, 0.1) is 0 Å². The van der Waals surface area contributed by atoms with Crippen molar-refractivity contribution in [1.29, 1.82) is 0 Å². The lowest BCUT2D eigenvalue weighted by atomic mass is 10.1. The third-order valence-corrected chi connectivity index (χ3v) is 4.11. The molecule has 2 aromatic rings. The minimum atomic E-state index is -4.94. The molecule has 1 aromatic carbocycles. The first kappa shape index (κ1) is 20.3. The molecule has 0 aliphatic rings. The van der Waals surface area contributed by atoms with Crippen LogP contribution in [0.2, 0.25) is 10.2 Å². The van der Waals surface area contributed by atoms with Crippen molar-refractivity contribution in [2.45, 2.75) is 25.4 Å². The van der Waals surface area contributed by atoms with Crippen LogP contribution in [0.5, 0.6) is 0 Å². The van der Waals surface area contributed by atoms with Gasteiger partial charge < -0.3 is 5.11 Å². The van der Waals surface area contributed by atoms with Gasteiger partial charge in [0.15, 0.2) is 6.10 Å². The van der Waals surface area contributed by atoms with Gasteiger partial charge >= 0.3 is 11.9 Å². The molecule has 0 aliphatic heterocycles. The van der Waals surface area contributed by atoms with E-state index >= 15 is 0 Å². The fraction of sp³-hybridized carbons (Fsp3) is 0.286. The fourth-order valence-electron chi connectivity index (χ4n) is 2.22. The number of hydrazine groups is 1. The van der Waals surface area contributed by atoms with Crippen molar-refractivity contribution in [1.82, 2.24) is 14.6 Å². The highest BCUT2D eigenvalue weighted by molar-refractivity contribution is 6.32. The molecule has 1 atom stereocenters. The standard InChI is InChI=1S/C14H13Cl2F3N4O3/c15-8-3-1-7(2-4-8)11-12(16)23(6-10(25)21-20)13(26)22(11)5-9(24)14(17,18)19/h1-4,9,24H,5-6,20H2,(H,21,25). The molecule has 142 valence electrons. The number of aliphatic hydroxyl groups excluding tert-OH is 1. The Labute approximate surface area is 154 Å². The summed E-state index contributed by atoms with van der Waals surface area (Å²) >= 11 is 11.9. The van der Waals surface area contributed by atoms with Crippen molar-refractivity contribution in [2.24, 2.45) is 5.84 Å². The summed E-state index contributed by atoms with van der Waals surface area (Å²) < 4.78 is 39.6. The van der Waals surface area contributed by atoms with Crippen LogP contribution in [-0.2, 0) is 17.9 Å². The van der Waals surface area contributed by atoms with E-state index in [2.05, 4.69) is 0 Å². The molecule has 4 N–H and O–H groups in total. The number of nitrogens with one attached hydrogen (secondary N) is 1. The van der Waals surface area contributed by atoms with Crippen molar-refractivity contribution in [2.75, 3.05) is 0 Å². The van der Waals surface area contributed by atoms with E-state index in [4.69, 9.17) is 29.0 Å². The van der Waals surface area contributed by atoms with E-state index in [0.717, 1.165) is 4.57 Å². The molecular weight excluding hydrogens is 400 g/mol. The fourth-order valence-corrected chi connectivity index (χ4v) is 2.69. The molecule has 7 nitrogen and oxygen atoms in total. The summed E-state index contributed by atoms with van der Waals surface area (Å²) in [4.78, 5) is 23.9. The van der Waals surface area contributed by atoms with Crippen molar-refractivity contribution in [3.05, 3.63) is 44.9 Å². The summed E-state index contributed by atoms with van der Waals surface area (Å²) in [6.45, 7) is -1.71. The molecule has 0 aliphatic carbocycles. The molecule has 12 heteroatoms. The number of aromatic nitrogens is 2. The SMILES string of the molecule is NNC(=O)Cn1c(Cl)c(-c2ccc(Cl)cc2)n(CC(O)C(F)(F)F)c1=O. The first-order chi connectivity index (χ1) is 12.1. The Balaban J connectivity index is 2.63. The predicted octanol–water partition coefficient (Wildman–Crippen LogP) is 1.54. The second-order valence-corrected chi connectivity index (χ2v) is 6.05. The number of nitrogens with zero attached hydrogens (tertiary/aromatic N) is 2. The van der Waals surface area contributed by atoms with Gasteiger partial charge in [-0.05, 0) is 12.1 Å². The van der Waals surface area contributed by atoms with Crippen LogP contribution in [0.4, 0.5) is 13.2 Å². The molecule has 1 unspecified atom stereocenters. The molecule has 1 heterocycles. The highest BCUT2D eigenvalue weighted by Gasteiger charge is 2.39. The molecule has 1 amide bonds. The lowest BCUT2D eigenvalue weighted by molar-refractivity contribution is -0.207. The number of carbonyl (C=O) groups excluding carboxylic acids is 1. The summed E-state index contributed by atoms with van der Waals surface area (Å²) in [5.74, 6) is 4.18. The van der Waals surface area contributed by atoms with Crippen molar-refractivity contribution in [3.63, 3.8) is 0 Å². The Kier molecular flexibility index (Phi) is 6.02. The first-order valence-electron chi connectivity index (χ1n) is 7.05. The minimum Gasteiger partial charge on any atom is -0.382 e. The monoisotopic (exact) mass is 412 g/mol. The number of alkyl halides is 3. The first-order valence-corrected chi connectivity index (χ1v) is 7.80. The zero-order valence-corrected chi connectivity index (χ0v) is 14.4. The molecule has 26 heavy (non-hydrogen) atoms. The second-order valence-electron chi connectivity index (χ2n) is 5.25. The van der Waals surface area contributed by atoms with E-state index in [0.29, 0.717) is 9.59 Å². The van der Waals surface area contributed by atoms with Gasteiger partial charge in [-0.2, -0.15) is 13.2 Å². The van der Waals surface area contributed by atoms with E-state index < -0.39 is 37.0 Å². The number of halogens is 5. The maximum Gasteiger partial charge on any atom is 0.416 e. The summed E-state index contributed by atoms with van der Waals surface area (Å²) in [5, 5.41) is 9.43. The summed E-state index contributed by atoms with van der Waals surface area (Å²) in [6, 6.07) is 5.78. The summed E-state index contributed by atoms with van der Waals surface area (Å²) in [6.07, 6.45) is -7.75. The number of hydrogen-bond donors (Lipinski definition) is 3. The topological polar surface area (TPSA) is 102 Å². The molecule has 0 spiro atoms. The molecular formula is C14H13Cl2F3N4O3. The van der Waals surface area contributed by atoms with Gasteiger partial charge in [0, 0.05) is 10.6 Å². The number of nitrogens with two attached hydrogens (primary N) is 1. The Morgan fingerprint density at radius 2 is 1.81 bits per heavy atom. The third-order valence-electron chi connectivity index (χ3n) is 3.48. The lowest BCUT2D eigenvalue weighted by Gasteiger charge is -2.16. The van der Waals surface area contributed by atoms with E-state index in [1.54, 1.807) is 5.43 Å². The molecule has 0 fully saturated rings. The molecule has 1 aromatic heterocycles. The van der Waals surface area contributed by atoms with Crippen LogP contribution in [0.25, 0.3) is 11.3 Å². The largest absolute Gasteiger partial charge is 0.416 e. The lowest BCUT2D eigenvalue weighted by Crippen LogP contribution is -2.39. The second kappa shape index (κ2) is 7.70.